The first-order valence-electron chi connectivity index (χ1n) is 8.20. The lowest BCUT2D eigenvalue weighted by Crippen LogP contribution is -2.42. The number of ether oxygens (including phenoxy) is 1. The lowest BCUT2D eigenvalue weighted by atomic mass is 10.0. The number of terminal acetylenes is 1. The summed E-state index contributed by atoms with van der Waals surface area (Å²) in [5.74, 6) is 38.5. The molecule has 0 aromatic carbocycles. The van der Waals surface area contributed by atoms with Crippen LogP contribution in [0.15, 0.2) is 0 Å². The van der Waals surface area contributed by atoms with Crippen LogP contribution in [0.25, 0.3) is 0 Å². The van der Waals surface area contributed by atoms with E-state index in [0.29, 0.717) is 0 Å². The number of cyclic esters (lactones) is 1. The van der Waals surface area contributed by atoms with E-state index in [4.69, 9.17) is 6.42 Å². The highest BCUT2D eigenvalue weighted by Gasteiger charge is 2.47. The number of esters is 1. The zero-order chi connectivity index (χ0) is 22.9. The van der Waals surface area contributed by atoms with Gasteiger partial charge in [0.05, 0.1) is 6.42 Å². The van der Waals surface area contributed by atoms with Crippen LogP contribution in [0.3, 0.4) is 0 Å². The molecular weight excluding hydrogens is 396 g/mol. The Labute approximate surface area is 179 Å². The molecule has 3 N–H and O–H groups in total. The molecule has 0 radical (unpaired) electrons. The second-order valence-corrected chi connectivity index (χ2v) is 5.12. The van der Waals surface area contributed by atoms with Gasteiger partial charge in [0.15, 0.2) is 24.1 Å². The van der Waals surface area contributed by atoms with E-state index >= 15 is 0 Å². The number of aliphatic hydroxyl groups is 3. The summed E-state index contributed by atoms with van der Waals surface area (Å²) < 4.78 is 4.56. The summed E-state index contributed by atoms with van der Waals surface area (Å²) in [6.07, 6.45) is -2.35. The summed E-state index contributed by atoms with van der Waals surface area (Å²) in [4.78, 5) is 22.9. The topological polar surface area (TPSA) is 104 Å². The number of hydrogen-bond acceptors (Lipinski definition) is 6. The standard InChI is InChI=1S/C25H10O6/c1-2-3-4-5-6-7-8-9-10-11-12-13-14-15-16-17-18-19-20(26)21(27)24-22(28)23(29)25(30)31-24/h1,21-24,27-29H,19H2/t21-,22+,23-,24+/m0/s1. The van der Waals surface area contributed by atoms with Gasteiger partial charge in [-0.1, -0.05) is 5.92 Å². The molecule has 1 fully saturated rings. The minimum absolute atomic E-state index is 0.405. The summed E-state index contributed by atoms with van der Waals surface area (Å²) in [6.45, 7) is 0. The van der Waals surface area contributed by atoms with Crippen LogP contribution >= 0.6 is 0 Å². The van der Waals surface area contributed by atoms with Gasteiger partial charge in [0, 0.05) is 0 Å². The first kappa shape index (κ1) is 24.1. The molecule has 1 aliphatic heterocycles. The number of carbonyl (C=O) groups excluding carboxylic acids is 2. The van der Waals surface area contributed by atoms with Crippen LogP contribution in [0.2, 0.25) is 0 Å². The third-order valence-electron chi connectivity index (χ3n) is 3.09. The summed E-state index contributed by atoms with van der Waals surface area (Å²) >= 11 is 0. The van der Waals surface area contributed by atoms with Gasteiger partial charge in [0.25, 0.3) is 0 Å². The molecule has 6 nitrogen and oxygen atoms in total. The average Bonchev–Trinajstić information content (AvgIpc) is 3.02. The van der Waals surface area contributed by atoms with Crippen molar-refractivity contribution in [3.05, 3.63) is 0 Å². The SMILES string of the molecule is C#CC#CC#CC#CC#CC#CC#CC#CC#CCC(=O)[C@H](O)[C@H]1OC(=O)[C@@H](O)[C@H]1O. The molecule has 146 valence electrons. The minimum Gasteiger partial charge on any atom is -0.454 e. The molecule has 1 saturated heterocycles. The van der Waals surface area contributed by atoms with Gasteiger partial charge in [0.1, 0.15) is 6.10 Å². The van der Waals surface area contributed by atoms with Crippen molar-refractivity contribution in [2.24, 2.45) is 0 Å². The van der Waals surface area contributed by atoms with E-state index < -0.39 is 42.6 Å². The van der Waals surface area contributed by atoms with Crippen molar-refractivity contribution in [1.82, 2.24) is 0 Å². The quantitative estimate of drug-likeness (QED) is 0.357. The molecule has 0 aromatic heterocycles. The predicted octanol–water partition coefficient (Wildman–Crippen LogP) is -2.39. The first-order valence-corrected chi connectivity index (χ1v) is 8.20. The second-order valence-electron chi connectivity index (χ2n) is 5.12. The third-order valence-corrected chi connectivity index (χ3v) is 3.09. The summed E-state index contributed by atoms with van der Waals surface area (Å²) in [5, 5.41) is 28.6. The van der Waals surface area contributed by atoms with E-state index in [2.05, 4.69) is 105 Å². The zero-order valence-corrected chi connectivity index (χ0v) is 15.7. The maximum absolute atomic E-state index is 11.8. The smallest absolute Gasteiger partial charge is 0.338 e. The Morgan fingerprint density at radius 1 is 0.839 bits per heavy atom. The third kappa shape index (κ3) is 9.20. The molecule has 31 heavy (non-hydrogen) atoms. The molecule has 0 amide bonds. The fourth-order valence-corrected chi connectivity index (χ4v) is 1.75. The van der Waals surface area contributed by atoms with E-state index in [1.165, 1.54) is 0 Å². The maximum atomic E-state index is 11.8. The van der Waals surface area contributed by atoms with Gasteiger partial charge < -0.3 is 20.1 Å². The van der Waals surface area contributed by atoms with E-state index in [1.54, 1.807) is 0 Å². The van der Waals surface area contributed by atoms with Crippen LogP contribution < -0.4 is 0 Å². The minimum atomic E-state index is -1.81. The highest BCUT2D eigenvalue weighted by Crippen LogP contribution is 2.19. The summed E-state index contributed by atoms with van der Waals surface area (Å²) in [7, 11) is 0. The normalized spacial score (nSPS) is 17.5. The van der Waals surface area contributed by atoms with E-state index in [-0.39, 0.29) is 0 Å². The molecule has 0 aliphatic carbocycles. The number of ketones is 1. The van der Waals surface area contributed by atoms with Gasteiger partial charge >= 0.3 is 5.97 Å². The monoisotopic (exact) mass is 406 g/mol. The molecule has 0 unspecified atom stereocenters. The number of hydrogen-bond donors (Lipinski definition) is 3. The predicted molar refractivity (Wildman–Crippen MR) is 109 cm³/mol. The molecule has 0 saturated carbocycles. The second kappa shape index (κ2) is 14.1. The number of rotatable bonds is 3. The number of Topliss-reactive ketones (excluding diaryl/α,β-unsaturated/α-hetero) is 1. The molecule has 1 heterocycles. The summed E-state index contributed by atoms with van der Waals surface area (Å²) in [6, 6.07) is 0. The summed E-state index contributed by atoms with van der Waals surface area (Å²) in [5.41, 5.74) is 0. The van der Waals surface area contributed by atoms with Crippen molar-refractivity contribution >= 4 is 11.8 Å². The van der Waals surface area contributed by atoms with Crippen LogP contribution in [-0.2, 0) is 14.3 Å². The molecule has 6 heteroatoms. The Kier molecular flexibility index (Phi) is 11.0. The van der Waals surface area contributed by atoms with Gasteiger partial charge in [-0.05, 0) is 94.7 Å². The molecule has 0 aromatic rings. The van der Waals surface area contributed by atoms with Crippen molar-refractivity contribution in [2.45, 2.75) is 30.8 Å². The van der Waals surface area contributed by atoms with E-state index in [1.807, 2.05) is 0 Å². The van der Waals surface area contributed by atoms with Crippen molar-refractivity contribution in [2.75, 3.05) is 0 Å². The number of aliphatic hydroxyl groups excluding tert-OH is 3. The van der Waals surface area contributed by atoms with Gasteiger partial charge in [-0.25, -0.2) is 4.79 Å². The van der Waals surface area contributed by atoms with Crippen molar-refractivity contribution in [3.8, 4) is 107 Å². The Hall–Kier alpha value is -4.94. The maximum Gasteiger partial charge on any atom is 0.338 e. The fraction of sp³-hybridized carbons (Fsp3) is 0.200. The molecule has 0 spiro atoms. The molecule has 1 rings (SSSR count). The molecule has 4 atom stereocenters. The Bertz CT molecular complexity index is 1280. The van der Waals surface area contributed by atoms with Gasteiger partial charge in [-0.3, -0.25) is 4.79 Å². The highest BCUT2D eigenvalue weighted by atomic mass is 16.6. The van der Waals surface area contributed by atoms with E-state index in [0.717, 1.165) is 0 Å². The van der Waals surface area contributed by atoms with Gasteiger partial charge in [0.2, 0.25) is 0 Å². The van der Waals surface area contributed by atoms with Gasteiger partial charge in [-0.2, -0.15) is 0 Å². The van der Waals surface area contributed by atoms with Crippen LogP contribution in [0.1, 0.15) is 6.42 Å². The Balaban J connectivity index is 2.46. The molecule has 0 bridgehead atoms. The van der Waals surface area contributed by atoms with Crippen molar-refractivity contribution in [1.29, 1.82) is 0 Å². The fourth-order valence-electron chi connectivity index (χ4n) is 1.75. The zero-order valence-electron chi connectivity index (χ0n) is 15.7. The molecule has 1 aliphatic rings. The van der Waals surface area contributed by atoms with Gasteiger partial charge in [-0.15, -0.1) is 6.42 Å². The van der Waals surface area contributed by atoms with Crippen molar-refractivity contribution < 1.29 is 29.6 Å². The van der Waals surface area contributed by atoms with Crippen LogP contribution in [0, 0.1) is 107 Å². The first-order chi connectivity index (χ1) is 15.0. The number of carbonyl (C=O) groups is 2. The van der Waals surface area contributed by atoms with Crippen LogP contribution in [-0.4, -0.2) is 51.5 Å². The van der Waals surface area contributed by atoms with Crippen molar-refractivity contribution in [3.63, 3.8) is 0 Å². The molecular formula is C25H10O6. The van der Waals surface area contributed by atoms with E-state index in [9.17, 15) is 24.9 Å². The van der Waals surface area contributed by atoms with Crippen LogP contribution in [0.5, 0.6) is 0 Å². The highest BCUT2D eigenvalue weighted by molar-refractivity contribution is 5.87. The lowest BCUT2D eigenvalue weighted by molar-refractivity contribution is -0.153. The Morgan fingerprint density at radius 2 is 1.26 bits per heavy atom. The van der Waals surface area contributed by atoms with Crippen LogP contribution in [0.4, 0.5) is 0 Å². The Morgan fingerprint density at radius 3 is 1.65 bits per heavy atom. The average molecular weight is 406 g/mol. The lowest BCUT2D eigenvalue weighted by Gasteiger charge is -2.17. The largest absolute Gasteiger partial charge is 0.454 e.